The van der Waals surface area contributed by atoms with Crippen molar-refractivity contribution in [2.75, 3.05) is 9.62 Å². The van der Waals surface area contributed by atoms with E-state index in [9.17, 15) is 26.2 Å². The van der Waals surface area contributed by atoms with Crippen LogP contribution in [0.1, 0.15) is 43.5 Å². The van der Waals surface area contributed by atoms with Crippen molar-refractivity contribution in [1.82, 2.24) is 15.1 Å². The van der Waals surface area contributed by atoms with Gasteiger partial charge in [-0.3, -0.25) is 8.83 Å². The maximum atomic E-state index is 14.1. The molecule has 2 aromatic heterocycles. The molecule has 0 fully saturated rings. The number of aromatic nitrogens is 3. The van der Waals surface area contributed by atoms with Crippen LogP contribution < -0.4 is 9.62 Å². The molecule has 4 aromatic rings. The zero-order valence-corrected chi connectivity index (χ0v) is 24.5. The summed E-state index contributed by atoms with van der Waals surface area (Å²) in [6.07, 6.45) is -4.73. The van der Waals surface area contributed by atoms with Gasteiger partial charge in [-0.1, -0.05) is 44.1 Å². The molecule has 0 bridgehead atoms. The second kappa shape index (κ2) is 10.7. The lowest BCUT2D eigenvalue weighted by atomic mass is 9.87. The minimum Gasteiger partial charge on any atom is -0.338 e. The predicted molar refractivity (Wildman–Crippen MR) is 148 cm³/mol. The van der Waals surface area contributed by atoms with Crippen LogP contribution in [0.3, 0.4) is 0 Å². The first-order valence-corrected chi connectivity index (χ1v) is 15.5. The fourth-order valence-corrected chi connectivity index (χ4v) is 6.00. The lowest BCUT2D eigenvalue weighted by Gasteiger charge is -2.25. The van der Waals surface area contributed by atoms with Crippen LogP contribution in [0.5, 0.6) is 0 Å². The number of nitrogens with one attached hydrogen (secondary N) is 1. The second-order valence-corrected chi connectivity index (χ2v) is 13.7. The monoisotopic (exact) mass is 639 g/mol. The topological polar surface area (TPSA) is 168 Å². The molecule has 12 nitrogen and oxygen atoms in total. The molecule has 1 aliphatic heterocycles. The molecule has 0 unspecified atom stereocenters. The number of rotatable bonds is 6. The van der Waals surface area contributed by atoms with Crippen LogP contribution in [0.2, 0.25) is 0 Å². The van der Waals surface area contributed by atoms with E-state index in [-0.39, 0.29) is 56.9 Å². The molecule has 0 saturated carbocycles. The van der Waals surface area contributed by atoms with E-state index in [0.29, 0.717) is 0 Å². The maximum absolute atomic E-state index is 14.1. The summed E-state index contributed by atoms with van der Waals surface area (Å²) >= 11 is 0. The fraction of sp³-hybridized carbons (Fsp3) is 0.269. The largest absolute Gasteiger partial charge is 0.470 e. The van der Waals surface area contributed by atoms with Crippen LogP contribution in [0.25, 0.3) is 11.4 Å². The zero-order valence-electron chi connectivity index (χ0n) is 22.8. The lowest BCUT2D eigenvalue weighted by Crippen LogP contribution is -2.30. The van der Waals surface area contributed by atoms with Crippen molar-refractivity contribution in [3.8, 4) is 11.4 Å². The SMILES string of the molecule is CC(C)(C)c1ccc(S(=O)(=O)N2Cc3ccc(C(F)(F)F)nc3Nc3ccc(-c4noc(COP(=O)(O)O)n4)cc32)cc1. The van der Waals surface area contributed by atoms with Gasteiger partial charge >= 0.3 is 14.0 Å². The number of pyridine rings is 1. The number of fused-ring (bicyclic) bond motifs is 2. The van der Waals surface area contributed by atoms with Crippen LogP contribution in [0.4, 0.5) is 30.4 Å². The molecule has 0 amide bonds. The van der Waals surface area contributed by atoms with E-state index in [2.05, 4.69) is 25.0 Å². The molecular weight excluding hydrogens is 614 g/mol. The highest BCUT2D eigenvalue weighted by molar-refractivity contribution is 7.92. The van der Waals surface area contributed by atoms with E-state index < -0.39 is 36.3 Å². The van der Waals surface area contributed by atoms with Gasteiger partial charge in [0.25, 0.3) is 15.9 Å². The third-order valence-corrected chi connectivity index (χ3v) is 8.73. The Bertz CT molecular complexity index is 1840. The van der Waals surface area contributed by atoms with Crippen LogP contribution in [0.15, 0.2) is 64.0 Å². The Kier molecular flexibility index (Phi) is 7.63. The zero-order chi connectivity index (χ0) is 31.4. The Balaban J connectivity index is 1.61. The van der Waals surface area contributed by atoms with E-state index in [1.807, 2.05) is 20.8 Å². The van der Waals surface area contributed by atoms with Crippen molar-refractivity contribution in [2.24, 2.45) is 0 Å². The first kappa shape index (κ1) is 30.6. The average molecular weight is 640 g/mol. The Morgan fingerprint density at radius 1 is 1.05 bits per heavy atom. The summed E-state index contributed by atoms with van der Waals surface area (Å²) in [5.74, 6) is -0.481. The number of hydrogen-bond donors (Lipinski definition) is 3. The third-order valence-electron chi connectivity index (χ3n) is 6.49. The Morgan fingerprint density at radius 2 is 1.74 bits per heavy atom. The normalized spacial score (nSPS) is 14.1. The van der Waals surface area contributed by atoms with Crippen LogP contribution in [0, 0.1) is 0 Å². The molecule has 228 valence electrons. The number of hydrogen-bond acceptors (Lipinski definition) is 9. The molecule has 1 aliphatic rings. The standard InChI is InChI=1S/C26H25F3N5O7PS/c1-25(2,3)17-6-8-18(9-7-17)43(38,39)34-13-16-5-11-21(26(27,28)29)31-23(16)30-19-10-4-15(12-20(19)34)24-32-22(41-33-24)14-40-42(35,36)37/h4-12H,13-14H2,1-3H3,(H,30,31)(H2,35,36,37). The number of sulfonamides is 1. The molecule has 0 saturated heterocycles. The number of benzene rings is 2. The van der Waals surface area contributed by atoms with E-state index in [0.717, 1.165) is 15.9 Å². The Morgan fingerprint density at radius 3 is 2.37 bits per heavy atom. The highest BCUT2D eigenvalue weighted by atomic mass is 32.2. The second-order valence-electron chi connectivity index (χ2n) is 10.6. The van der Waals surface area contributed by atoms with Crippen molar-refractivity contribution in [2.45, 2.75) is 50.4 Å². The van der Waals surface area contributed by atoms with Crippen molar-refractivity contribution < 1.29 is 45.0 Å². The highest BCUT2D eigenvalue weighted by Gasteiger charge is 2.36. The Labute approximate surface area is 243 Å². The van der Waals surface area contributed by atoms with Crippen LogP contribution in [-0.4, -0.2) is 33.3 Å². The number of phosphoric acid groups is 1. The quantitative estimate of drug-likeness (QED) is 0.228. The minimum atomic E-state index is -4.81. The molecule has 3 heterocycles. The van der Waals surface area contributed by atoms with E-state index in [1.54, 1.807) is 12.1 Å². The molecule has 0 aliphatic carbocycles. The molecule has 0 atom stereocenters. The molecule has 17 heteroatoms. The van der Waals surface area contributed by atoms with E-state index >= 15 is 0 Å². The van der Waals surface area contributed by atoms with Gasteiger partial charge in [-0.15, -0.1) is 0 Å². The summed E-state index contributed by atoms with van der Waals surface area (Å²) in [7, 11) is -9.10. The van der Waals surface area contributed by atoms with Crippen molar-refractivity contribution in [1.29, 1.82) is 0 Å². The predicted octanol–water partition coefficient (Wildman–Crippen LogP) is 5.51. The van der Waals surface area contributed by atoms with Gasteiger partial charge in [-0.2, -0.15) is 18.2 Å². The minimum absolute atomic E-state index is 0.0448. The van der Waals surface area contributed by atoms with Crippen LogP contribution >= 0.6 is 7.82 Å². The van der Waals surface area contributed by atoms with Gasteiger partial charge in [0.15, 0.2) is 0 Å². The average Bonchev–Trinajstić information content (AvgIpc) is 3.32. The maximum Gasteiger partial charge on any atom is 0.470 e. The summed E-state index contributed by atoms with van der Waals surface area (Å²) in [4.78, 5) is 25.5. The van der Waals surface area contributed by atoms with E-state index in [1.165, 1.54) is 36.4 Å². The molecule has 2 aromatic carbocycles. The van der Waals surface area contributed by atoms with Crippen molar-refractivity contribution in [3.63, 3.8) is 0 Å². The van der Waals surface area contributed by atoms with Gasteiger partial charge in [0.05, 0.1) is 22.8 Å². The molecule has 43 heavy (non-hydrogen) atoms. The summed E-state index contributed by atoms with van der Waals surface area (Å²) < 4.78 is 89.9. The fourth-order valence-electron chi connectivity index (χ4n) is 4.27. The highest BCUT2D eigenvalue weighted by Crippen LogP contribution is 2.42. The number of phosphoric ester groups is 1. The molecule has 0 spiro atoms. The molecule has 0 radical (unpaired) electrons. The third kappa shape index (κ3) is 6.58. The van der Waals surface area contributed by atoms with Crippen molar-refractivity contribution in [3.05, 3.63) is 77.3 Å². The summed E-state index contributed by atoms with van der Waals surface area (Å²) in [5, 5.41) is 6.60. The van der Waals surface area contributed by atoms with Gasteiger partial charge in [0, 0.05) is 11.1 Å². The molecular formula is C26H25F3N5O7PS. The van der Waals surface area contributed by atoms with Gasteiger partial charge < -0.3 is 19.6 Å². The summed E-state index contributed by atoms with van der Waals surface area (Å²) in [5.41, 5.74) is 0.137. The van der Waals surface area contributed by atoms with Crippen LogP contribution in [-0.2, 0) is 43.9 Å². The molecule has 5 rings (SSSR count). The lowest BCUT2D eigenvalue weighted by molar-refractivity contribution is -0.141. The molecule has 3 N–H and O–H groups in total. The first-order chi connectivity index (χ1) is 19.9. The van der Waals surface area contributed by atoms with Crippen molar-refractivity contribution >= 4 is 35.0 Å². The number of halogens is 3. The smallest absolute Gasteiger partial charge is 0.338 e. The number of nitrogens with zero attached hydrogens (tertiary/aromatic N) is 4. The van der Waals surface area contributed by atoms with E-state index in [4.69, 9.17) is 14.3 Å². The van der Waals surface area contributed by atoms with Gasteiger partial charge in [-0.25, -0.2) is 18.0 Å². The number of alkyl halides is 3. The van der Waals surface area contributed by atoms with Gasteiger partial charge in [-0.05, 0) is 47.4 Å². The Hall–Kier alpha value is -3.82. The first-order valence-electron chi connectivity index (χ1n) is 12.6. The summed E-state index contributed by atoms with van der Waals surface area (Å²) in [6.45, 7) is 4.90. The summed E-state index contributed by atoms with van der Waals surface area (Å²) in [6, 6.07) is 12.6. The number of anilines is 3. The van der Waals surface area contributed by atoms with Gasteiger partial charge in [0.2, 0.25) is 5.82 Å². The van der Waals surface area contributed by atoms with Gasteiger partial charge in [0.1, 0.15) is 18.1 Å².